The van der Waals surface area contributed by atoms with E-state index in [1.807, 2.05) is 19.2 Å². The Morgan fingerprint density at radius 3 is 2.50 bits per heavy atom. The monoisotopic (exact) mass is 275 g/mol. The first-order valence-electron chi connectivity index (χ1n) is 6.96. The number of nitrogens with zero attached hydrogens (tertiary/aromatic N) is 5. The molecule has 2 N–H and O–H groups in total. The van der Waals surface area contributed by atoms with Crippen LogP contribution in [0.2, 0.25) is 0 Å². The smallest absolute Gasteiger partial charge is 0.257 e. The summed E-state index contributed by atoms with van der Waals surface area (Å²) in [4.78, 5) is 13.1. The van der Waals surface area contributed by atoms with Gasteiger partial charge in [0.25, 0.3) is 5.95 Å². The molecule has 0 saturated heterocycles. The van der Waals surface area contributed by atoms with Crippen LogP contribution in [0.15, 0.2) is 18.5 Å². The Morgan fingerprint density at radius 1 is 1.15 bits per heavy atom. The van der Waals surface area contributed by atoms with E-state index in [0.717, 1.165) is 19.5 Å². The molecule has 2 aromatic heterocycles. The molecule has 0 aromatic carbocycles. The quantitative estimate of drug-likeness (QED) is 0.804. The molecule has 2 rings (SSSR count). The Hall–Kier alpha value is -2.18. The number of hydrogen-bond donors (Lipinski definition) is 2. The minimum atomic E-state index is 0.507. The molecule has 2 heterocycles. The van der Waals surface area contributed by atoms with Crippen LogP contribution in [0.1, 0.15) is 27.2 Å². The summed E-state index contributed by atoms with van der Waals surface area (Å²) in [7, 11) is 0. The molecule has 0 fully saturated rings. The van der Waals surface area contributed by atoms with E-state index in [-0.39, 0.29) is 0 Å². The summed E-state index contributed by atoms with van der Waals surface area (Å²) >= 11 is 0. The topological polar surface area (TPSA) is 80.5 Å². The number of nitrogens with one attached hydrogen (secondary N) is 2. The summed E-state index contributed by atoms with van der Waals surface area (Å²) in [5.41, 5.74) is 0. The van der Waals surface area contributed by atoms with Gasteiger partial charge in [-0.2, -0.15) is 20.1 Å². The van der Waals surface area contributed by atoms with Gasteiger partial charge in [0, 0.05) is 25.5 Å². The third kappa shape index (κ3) is 3.66. The van der Waals surface area contributed by atoms with E-state index in [4.69, 9.17) is 0 Å². The second-order valence-corrected chi connectivity index (χ2v) is 4.66. The Kier molecular flexibility index (Phi) is 4.86. The normalized spacial score (nSPS) is 12.2. The molecule has 0 aliphatic rings. The molecule has 0 amide bonds. The van der Waals surface area contributed by atoms with Crippen LogP contribution in [0.5, 0.6) is 0 Å². The highest BCUT2D eigenvalue weighted by Gasteiger charge is 2.08. The van der Waals surface area contributed by atoms with Crippen LogP contribution >= 0.6 is 0 Å². The van der Waals surface area contributed by atoms with Crippen LogP contribution in [0.3, 0.4) is 0 Å². The molecule has 0 bridgehead atoms. The van der Waals surface area contributed by atoms with Crippen molar-refractivity contribution in [2.45, 2.75) is 27.2 Å². The standard InChI is InChI=1S/C13H21N7/c1-4-10(3)9-15-12-17-11(14-5-2)18-13(19-12)20-8-6-7-16-20/h6-8,10H,4-5,9H2,1-3H3,(H2,14,15,17,18,19). The van der Waals surface area contributed by atoms with Crippen molar-refractivity contribution in [2.75, 3.05) is 23.7 Å². The van der Waals surface area contributed by atoms with E-state index in [9.17, 15) is 0 Å². The Morgan fingerprint density at radius 2 is 1.90 bits per heavy atom. The van der Waals surface area contributed by atoms with Crippen LogP contribution in [0.25, 0.3) is 5.95 Å². The lowest BCUT2D eigenvalue weighted by Gasteiger charge is -2.12. The second kappa shape index (κ2) is 6.83. The van der Waals surface area contributed by atoms with Gasteiger partial charge in [-0.05, 0) is 18.9 Å². The van der Waals surface area contributed by atoms with Crippen LogP contribution in [0.4, 0.5) is 11.9 Å². The number of rotatable bonds is 7. The zero-order chi connectivity index (χ0) is 14.4. The van der Waals surface area contributed by atoms with Crippen LogP contribution in [-0.4, -0.2) is 37.8 Å². The maximum absolute atomic E-state index is 4.39. The minimum absolute atomic E-state index is 0.507. The summed E-state index contributed by atoms with van der Waals surface area (Å²) < 4.78 is 1.62. The van der Waals surface area contributed by atoms with Crippen molar-refractivity contribution in [1.82, 2.24) is 24.7 Å². The van der Waals surface area contributed by atoms with Gasteiger partial charge in [0.1, 0.15) is 0 Å². The van der Waals surface area contributed by atoms with Gasteiger partial charge in [-0.1, -0.05) is 20.3 Å². The van der Waals surface area contributed by atoms with Gasteiger partial charge in [-0.25, -0.2) is 4.68 Å². The number of aromatic nitrogens is 5. The molecule has 108 valence electrons. The fourth-order valence-electron chi connectivity index (χ4n) is 1.58. The lowest BCUT2D eigenvalue weighted by molar-refractivity contribution is 0.590. The van der Waals surface area contributed by atoms with E-state index < -0.39 is 0 Å². The highest BCUT2D eigenvalue weighted by Crippen LogP contribution is 2.10. The molecular formula is C13H21N7. The van der Waals surface area contributed by atoms with Crippen molar-refractivity contribution in [3.05, 3.63) is 18.5 Å². The zero-order valence-corrected chi connectivity index (χ0v) is 12.2. The highest BCUT2D eigenvalue weighted by atomic mass is 15.4. The molecule has 0 radical (unpaired) electrons. The van der Waals surface area contributed by atoms with E-state index in [1.165, 1.54) is 0 Å². The van der Waals surface area contributed by atoms with E-state index in [2.05, 4.69) is 44.5 Å². The molecule has 0 aliphatic carbocycles. The van der Waals surface area contributed by atoms with E-state index in [1.54, 1.807) is 10.9 Å². The lowest BCUT2D eigenvalue weighted by atomic mass is 10.1. The van der Waals surface area contributed by atoms with Crippen molar-refractivity contribution in [3.8, 4) is 5.95 Å². The summed E-state index contributed by atoms with van der Waals surface area (Å²) in [6.45, 7) is 7.95. The molecule has 0 spiro atoms. The molecule has 7 nitrogen and oxygen atoms in total. The summed E-state index contributed by atoms with van der Waals surface area (Å²) in [6, 6.07) is 1.84. The predicted octanol–water partition coefficient (Wildman–Crippen LogP) is 1.95. The maximum atomic E-state index is 4.39. The summed E-state index contributed by atoms with van der Waals surface area (Å²) in [5.74, 6) is 2.21. The average Bonchev–Trinajstić information content (AvgIpc) is 2.99. The molecule has 1 atom stereocenters. The number of hydrogen-bond acceptors (Lipinski definition) is 6. The van der Waals surface area contributed by atoms with Crippen molar-refractivity contribution in [2.24, 2.45) is 5.92 Å². The van der Waals surface area contributed by atoms with Crippen molar-refractivity contribution in [3.63, 3.8) is 0 Å². The minimum Gasteiger partial charge on any atom is -0.354 e. The molecule has 1 unspecified atom stereocenters. The second-order valence-electron chi connectivity index (χ2n) is 4.66. The molecule has 2 aromatic rings. The summed E-state index contributed by atoms with van der Waals surface area (Å²) in [6.07, 6.45) is 4.62. The molecule has 7 heteroatoms. The Bertz CT molecular complexity index is 524. The third-order valence-electron chi connectivity index (χ3n) is 2.97. The molecular weight excluding hydrogens is 254 g/mol. The Labute approximate surface area is 118 Å². The first kappa shape index (κ1) is 14.2. The van der Waals surface area contributed by atoms with Crippen LogP contribution in [-0.2, 0) is 0 Å². The van der Waals surface area contributed by atoms with E-state index >= 15 is 0 Å². The van der Waals surface area contributed by atoms with E-state index in [0.29, 0.717) is 23.8 Å². The number of anilines is 2. The molecule has 0 aliphatic heterocycles. The molecule has 20 heavy (non-hydrogen) atoms. The van der Waals surface area contributed by atoms with Gasteiger partial charge in [-0.15, -0.1) is 0 Å². The fraction of sp³-hybridized carbons (Fsp3) is 0.538. The third-order valence-corrected chi connectivity index (χ3v) is 2.97. The fourth-order valence-corrected chi connectivity index (χ4v) is 1.58. The zero-order valence-electron chi connectivity index (χ0n) is 12.2. The molecule has 0 saturated carbocycles. The van der Waals surface area contributed by atoms with Gasteiger partial charge >= 0.3 is 0 Å². The predicted molar refractivity (Wildman–Crippen MR) is 79.1 cm³/mol. The van der Waals surface area contributed by atoms with Gasteiger partial charge in [0.05, 0.1) is 0 Å². The Balaban J connectivity index is 2.22. The van der Waals surface area contributed by atoms with Gasteiger partial charge in [-0.3, -0.25) is 0 Å². The van der Waals surface area contributed by atoms with Gasteiger partial charge in [0.2, 0.25) is 11.9 Å². The van der Waals surface area contributed by atoms with Crippen LogP contribution in [0, 0.1) is 5.92 Å². The van der Waals surface area contributed by atoms with Crippen molar-refractivity contribution in [1.29, 1.82) is 0 Å². The lowest BCUT2D eigenvalue weighted by Crippen LogP contribution is -2.16. The largest absolute Gasteiger partial charge is 0.354 e. The van der Waals surface area contributed by atoms with Gasteiger partial charge in [0.15, 0.2) is 0 Å². The first-order valence-corrected chi connectivity index (χ1v) is 6.96. The highest BCUT2D eigenvalue weighted by molar-refractivity contribution is 5.37. The first-order chi connectivity index (χ1) is 9.72. The SMILES string of the molecule is CCNc1nc(NCC(C)CC)nc(-n2cccn2)n1. The van der Waals surface area contributed by atoms with Crippen LogP contribution < -0.4 is 10.6 Å². The van der Waals surface area contributed by atoms with Gasteiger partial charge < -0.3 is 10.6 Å². The van der Waals surface area contributed by atoms with Crippen molar-refractivity contribution < 1.29 is 0 Å². The average molecular weight is 275 g/mol. The van der Waals surface area contributed by atoms with Crippen molar-refractivity contribution >= 4 is 11.9 Å². The maximum Gasteiger partial charge on any atom is 0.257 e. The summed E-state index contributed by atoms with van der Waals surface area (Å²) in [5, 5.41) is 10.5.